The monoisotopic (exact) mass is 471 g/mol. The molecule has 0 saturated carbocycles. The van der Waals surface area contributed by atoms with Crippen molar-refractivity contribution in [2.24, 2.45) is 0 Å². The summed E-state index contributed by atoms with van der Waals surface area (Å²) in [6, 6.07) is 50.8. The Balaban J connectivity index is 1.44. The van der Waals surface area contributed by atoms with Gasteiger partial charge in [-0.1, -0.05) is 78.5 Å². The van der Waals surface area contributed by atoms with Gasteiger partial charge in [-0.3, -0.25) is 0 Å². The summed E-state index contributed by atoms with van der Waals surface area (Å²) in [4.78, 5) is 6.55. The smallest absolute Gasteiger partial charge is 0.0901 e. The van der Waals surface area contributed by atoms with E-state index in [0.717, 1.165) is 0 Å². The maximum Gasteiger partial charge on any atom is 0.167 e. The van der Waals surface area contributed by atoms with Gasteiger partial charge >= 0.3 is 0 Å². The highest BCUT2D eigenvalue weighted by molar-refractivity contribution is 7.99. The molecule has 0 N–H and O–H groups in total. The fraction of sp³-hybridized carbons (Fsp3) is 0. The van der Waals surface area contributed by atoms with E-state index in [2.05, 4.69) is 140 Å². The van der Waals surface area contributed by atoms with Crippen molar-refractivity contribution in [1.82, 2.24) is 0 Å². The largest absolute Gasteiger partial charge is 0.167 e. The van der Waals surface area contributed by atoms with E-state index < -0.39 is 0 Å². The van der Waals surface area contributed by atoms with E-state index in [1.54, 1.807) is 11.8 Å². The number of hydrogen-bond donors (Lipinski definition) is 0. The summed E-state index contributed by atoms with van der Waals surface area (Å²) in [5, 5.41) is 5.13. The molecule has 0 heterocycles. The Labute approximate surface area is 207 Å². The van der Waals surface area contributed by atoms with Crippen LogP contribution in [0.15, 0.2) is 164 Å². The van der Waals surface area contributed by atoms with Gasteiger partial charge in [0, 0.05) is 21.9 Å². The molecule has 0 radical (unpaired) electrons. The topological polar surface area (TPSA) is 0 Å². The van der Waals surface area contributed by atoms with Crippen molar-refractivity contribution in [2.75, 3.05) is 0 Å². The summed E-state index contributed by atoms with van der Waals surface area (Å²) in [6.07, 6.45) is 0. The minimum absolute atomic E-state index is 0.191. The van der Waals surface area contributed by atoms with Gasteiger partial charge in [-0.2, -0.15) is 0 Å². The fourth-order valence-electron chi connectivity index (χ4n) is 4.27. The molecule has 0 unspecified atom stereocenters. The van der Waals surface area contributed by atoms with Crippen molar-refractivity contribution < 1.29 is 0 Å². The van der Waals surface area contributed by atoms with Crippen LogP contribution < -0.4 is 0 Å². The normalized spacial score (nSPS) is 11.3. The van der Waals surface area contributed by atoms with Crippen LogP contribution in [0.25, 0.3) is 21.5 Å². The van der Waals surface area contributed by atoms with Gasteiger partial charge in [-0.25, -0.2) is 0 Å². The first-order chi connectivity index (χ1) is 16.8. The first kappa shape index (κ1) is 21.1. The lowest BCUT2D eigenvalue weighted by Gasteiger charge is -2.11. The van der Waals surface area contributed by atoms with Gasteiger partial charge in [0.15, 0.2) is 14.7 Å². The van der Waals surface area contributed by atoms with E-state index in [4.69, 9.17) is 0 Å². The molecule has 0 fully saturated rings. The average Bonchev–Trinajstić information content (AvgIpc) is 2.90. The van der Waals surface area contributed by atoms with Crippen molar-refractivity contribution in [2.45, 2.75) is 24.5 Å². The van der Waals surface area contributed by atoms with Crippen LogP contribution in [-0.2, 0) is 10.9 Å². The highest BCUT2D eigenvalue weighted by Gasteiger charge is 2.29. The van der Waals surface area contributed by atoms with E-state index in [1.807, 2.05) is 0 Å². The minimum atomic E-state index is -0.191. The first-order valence-corrected chi connectivity index (χ1v) is 13.4. The van der Waals surface area contributed by atoms with Crippen LogP contribution in [-0.4, -0.2) is 0 Å². The molecule has 2 heteroatoms. The molecular formula is C32H23S2+. The Hall–Kier alpha value is -3.46. The molecule has 0 spiro atoms. The second-order valence-corrected chi connectivity index (χ2v) is 11.4. The molecule has 0 aliphatic heterocycles. The first-order valence-electron chi connectivity index (χ1n) is 11.4. The predicted molar refractivity (Wildman–Crippen MR) is 147 cm³/mol. The molecule has 0 aliphatic carbocycles. The molecule has 0 nitrogen and oxygen atoms in total. The summed E-state index contributed by atoms with van der Waals surface area (Å²) >= 11 is 1.81. The summed E-state index contributed by atoms with van der Waals surface area (Å²) in [6.45, 7) is 0. The van der Waals surface area contributed by atoms with E-state index in [-0.39, 0.29) is 10.9 Å². The van der Waals surface area contributed by atoms with Gasteiger partial charge in [0.05, 0.1) is 10.9 Å². The zero-order chi connectivity index (χ0) is 22.7. The molecule has 6 aromatic rings. The molecular weight excluding hydrogens is 448 g/mol. The lowest BCUT2D eigenvalue weighted by molar-refractivity contribution is 1.29. The molecule has 0 bridgehead atoms. The minimum Gasteiger partial charge on any atom is -0.0901 e. The van der Waals surface area contributed by atoms with Crippen LogP contribution in [0.3, 0.4) is 0 Å². The highest BCUT2D eigenvalue weighted by atomic mass is 32.2. The van der Waals surface area contributed by atoms with Crippen LogP contribution in [0, 0.1) is 0 Å². The van der Waals surface area contributed by atoms with Crippen LogP contribution in [0.1, 0.15) is 0 Å². The molecule has 6 rings (SSSR count). The third-order valence-electron chi connectivity index (χ3n) is 5.95. The van der Waals surface area contributed by atoms with E-state index in [0.29, 0.717) is 0 Å². The zero-order valence-electron chi connectivity index (χ0n) is 18.6. The van der Waals surface area contributed by atoms with E-state index in [9.17, 15) is 0 Å². The molecule has 34 heavy (non-hydrogen) atoms. The summed E-state index contributed by atoms with van der Waals surface area (Å²) in [7, 11) is -0.191. The molecule has 0 amide bonds. The van der Waals surface area contributed by atoms with Gasteiger partial charge in [0.2, 0.25) is 0 Å². The van der Waals surface area contributed by atoms with Crippen molar-refractivity contribution >= 4 is 44.2 Å². The van der Waals surface area contributed by atoms with Gasteiger partial charge in [-0.05, 0) is 82.2 Å². The SMILES string of the molecule is c1ccc(Sc2ccc([S+](c3ccc4ccccc4c3)c3ccc4ccccc4c3)cc2)cc1. The van der Waals surface area contributed by atoms with Crippen molar-refractivity contribution in [3.63, 3.8) is 0 Å². The maximum atomic E-state index is 2.36. The zero-order valence-corrected chi connectivity index (χ0v) is 20.2. The van der Waals surface area contributed by atoms with Gasteiger partial charge in [0.25, 0.3) is 0 Å². The summed E-state index contributed by atoms with van der Waals surface area (Å²) in [5.74, 6) is 0. The van der Waals surface area contributed by atoms with E-state index >= 15 is 0 Å². The molecule has 6 aromatic carbocycles. The molecule has 0 aliphatic rings. The summed E-state index contributed by atoms with van der Waals surface area (Å²) in [5.41, 5.74) is 0. The van der Waals surface area contributed by atoms with Gasteiger partial charge in [0.1, 0.15) is 0 Å². The Morgan fingerprint density at radius 1 is 0.353 bits per heavy atom. The van der Waals surface area contributed by atoms with Crippen LogP contribution in [0.4, 0.5) is 0 Å². The number of hydrogen-bond acceptors (Lipinski definition) is 1. The Morgan fingerprint density at radius 3 is 1.35 bits per heavy atom. The van der Waals surface area contributed by atoms with Crippen molar-refractivity contribution in [1.29, 1.82) is 0 Å². The Morgan fingerprint density at radius 2 is 0.794 bits per heavy atom. The van der Waals surface area contributed by atoms with Crippen LogP contribution in [0.2, 0.25) is 0 Å². The van der Waals surface area contributed by atoms with Crippen molar-refractivity contribution in [3.05, 3.63) is 140 Å². The second-order valence-electron chi connectivity index (χ2n) is 8.21. The molecule has 162 valence electrons. The lowest BCUT2D eigenvalue weighted by Crippen LogP contribution is -2.05. The third kappa shape index (κ3) is 4.35. The number of rotatable bonds is 5. The van der Waals surface area contributed by atoms with Crippen LogP contribution >= 0.6 is 11.8 Å². The van der Waals surface area contributed by atoms with E-state index in [1.165, 1.54) is 46.0 Å². The maximum absolute atomic E-state index is 2.36. The fourth-order valence-corrected chi connectivity index (χ4v) is 7.23. The predicted octanol–water partition coefficient (Wildman–Crippen LogP) is 9.24. The lowest BCUT2D eigenvalue weighted by atomic mass is 10.1. The average molecular weight is 472 g/mol. The van der Waals surface area contributed by atoms with Gasteiger partial charge < -0.3 is 0 Å². The second kappa shape index (κ2) is 9.42. The quantitative estimate of drug-likeness (QED) is 0.226. The third-order valence-corrected chi connectivity index (χ3v) is 9.16. The Kier molecular flexibility index (Phi) is 5.85. The van der Waals surface area contributed by atoms with Crippen molar-refractivity contribution in [3.8, 4) is 0 Å². The summed E-state index contributed by atoms with van der Waals surface area (Å²) < 4.78 is 0. The van der Waals surface area contributed by atoms with Crippen LogP contribution in [0.5, 0.6) is 0 Å². The number of benzene rings is 6. The Bertz CT molecular complexity index is 1490. The molecule has 0 atom stereocenters. The molecule has 0 aromatic heterocycles. The standard InChI is InChI=1S/C32H23S2/c1-2-12-28(13-3-1)33-29-16-20-30(21-17-29)34(31-18-14-24-8-4-6-10-26(24)22-31)32-19-15-25-9-5-7-11-27(25)23-32/h1-23H/q+1. The van der Waals surface area contributed by atoms with Gasteiger partial charge in [-0.15, -0.1) is 0 Å². The highest BCUT2D eigenvalue weighted by Crippen LogP contribution is 2.36. The number of fused-ring (bicyclic) bond motifs is 2. The molecule has 0 saturated heterocycles.